The van der Waals surface area contributed by atoms with Crippen LogP contribution in [0.15, 0.2) is 53.6 Å². The monoisotopic (exact) mass is 533 g/mol. The number of nitrogens with zero attached hydrogens (tertiary/aromatic N) is 6. The molecule has 0 saturated carbocycles. The van der Waals surface area contributed by atoms with Gasteiger partial charge in [0.1, 0.15) is 11.3 Å². The number of amides is 1. The van der Waals surface area contributed by atoms with Crippen molar-refractivity contribution in [1.82, 2.24) is 29.6 Å². The molecule has 0 atom stereocenters. The lowest BCUT2D eigenvalue weighted by atomic mass is 10.0. The summed E-state index contributed by atoms with van der Waals surface area (Å²) in [5, 5.41) is 3.46. The molecule has 0 unspecified atom stereocenters. The van der Waals surface area contributed by atoms with Gasteiger partial charge in [-0.05, 0) is 44.0 Å². The Bertz CT molecular complexity index is 1550. The third-order valence-corrected chi connectivity index (χ3v) is 7.14. The minimum absolute atomic E-state index is 0.105. The summed E-state index contributed by atoms with van der Waals surface area (Å²) in [6, 6.07) is 10.5. The van der Waals surface area contributed by atoms with Crippen molar-refractivity contribution in [1.29, 1.82) is 0 Å². The van der Waals surface area contributed by atoms with Gasteiger partial charge in [-0.1, -0.05) is 23.7 Å². The molecule has 1 saturated heterocycles. The number of benzene rings is 1. The van der Waals surface area contributed by atoms with Crippen molar-refractivity contribution in [2.45, 2.75) is 25.8 Å². The van der Waals surface area contributed by atoms with Crippen molar-refractivity contribution in [3.05, 3.63) is 75.4 Å². The van der Waals surface area contributed by atoms with E-state index >= 15 is 0 Å². The molecule has 0 aliphatic carbocycles. The number of nitrogens with two attached hydrogens (primary N) is 2. The number of hydrogen-bond donors (Lipinski definition) is 3. The molecule has 0 spiro atoms. The Labute approximate surface area is 224 Å². The number of anilines is 3. The lowest BCUT2D eigenvalue weighted by Gasteiger charge is -2.33. The molecule has 0 bridgehead atoms. The number of nitrogen functional groups attached to an aromatic ring is 2. The normalized spacial score (nSPS) is 14.0. The van der Waals surface area contributed by atoms with Gasteiger partial charge in [-0.25, -0.2) is 14.6 Å². The quantitative estimate of drug-likeness (QED) is 0.354. The van der Waals surface area contributed by atoms with Crippen LogP contribution in [0.4, 0.5) is 17.3 Å². The first-order valence-electron chi connectivity index (χ1n) is 12.2. The van der Waals surface area contributed by atoms with E-state index in [1.807, 2.05) is 4.90 Å². The van der Waals surface area contributed by atoms with Crippen LogP contribution in [-0.2, 0) is 7.05 Å². The van der Waals surface area contributed by atoms with Crippen molar-refractivity contribution in [3.8, 4) is 17.1 Å². The Balaban J connectivity index is 1.29. The number of halogens is 1. The number of aromatic nitrogens is 5. The van der Waals surface area contributed by atoms with Gasteiger partial charge in [0.25, 0.3) is 11.5 Å². The van der Waals surface area contributed by atoms with Gasteiger partial charge in [-0.2, -0.15) is 0 Å². The molecular weight excluding hydrogens is 506 g/mol. The van der Waals surface area contributed by atoms with Gasteiger partial charge < -0.3 is 21.7 Å². The van der Waals surface area contributed by atoms with E-state index in [-0.39, 0.29) is 11.6 Å². The highest BCUT2D eigenvalue weighted by Gasteiger charge is 2.28. The van der Waals surface area contributed by atoms with Crippen LogP contribution < -0.4 is 27.2 Å². The molecule has 1 aliphatic heterocycles. The predicted octanol–water partition coefficient (Wildman–Crippen LogP) is 2.55. The Morgan fingerprint density at radius 3 is 2.47 bits per heavy atom. The largest absolute Gasteiger partial charge is 0.397 e. The topological polar surface area (TPSA) is 150 Å². The molecule has 4 aromatic rings. The first kappa shape index (κ1) is 25.3. The highest BCUT2D eigenvalue weighted by atomic mass is 35.5. The summed E-state index contributed by atoms with van der Waals surface area (Å²) < 4.78 is 3.06. The van der Waals surface area contributed by atoms with Gasteiger partial charge >= 0.3 is 0 Å². The number of rotatable bonds is 5. The van der Waals surface area contributed by atoms with Crippen molar-refractivity contribution in [2.75, 3.05) is 29.5 Å². The zero-order valence-corrected chi connectivity index (χ0v) is 21.8. The number of piperidine rings is 1. The van der Waals surface area contributed by atoms with Crippen LogP contribution >= 0.6 is 11.6 Å². The third-order valence-electron chi connectivity index (χ3n) is 6.82. The molecule has 12 heteroatoms. The molecule has 38 heavy (non-hydrogen) atoms. The fourth-order valence-electron chi connectivity index (χ4n) is 4.66. The Morgan fingerprint density at radius 1 is 1.05 bits per heavy atom. The Kier molecular flexibility index (Phi) is 6.77. The molecule has 1 amide bonds. The molecule has 11 nitrogen and oxygen atoms in total. The van der Waals surface area contributed by atoms with Crippen LogP contribution in [0.1, 0.15) is 28.9 Å². The van der Waals surface area contributed by atoms with Gasteiger partial charge in [0.05, 0.1) is 40.2 Å². The summed E-state index contributed by atoms with van der Waals surface area (Å²) in [6.45, 7) is 2.97. The molecule has 4 heterocycles. The molecule has 3 aromatic heterocycles. The van der Waals surface area contributed by atoms with Gasteiger partial charge in [-0.15, -0.1) is 0 Å². The molecule has 1 fully saturated rings. The SMILES string of the molecule is Cc1c(C(=O)NC2CCN(c3nc(-c4ccc(N)cn4)cnc3N)CC2)c(=O)n(-c2ccccc2Cl)n1C. The van der Waals surface area contributed by atoms with E-state index in [1.165, 1.54) is 4.68 Å². The van der Waals surface area contributed by atoms with E-state index in [0.29, 0.717) is 71.0 Å². The lowest BCUT2D eigenvalue weighted by molar-refractivity contribution is 0.0929. The number of carbonyl (C=O) groups excluding carboxylic acids is 1. The van der Waals surface area contributed by atoms with Crippen LogP contribution in [0.25, 0.3) is 17.1 Å². The second kappa shape index (κ2) is 10.2. The van der Waals surface area contributed by atoms with E-state index in [1.54, 1.807) is 67.4 Å². The number of pyridine rings is 1. The van der Waals surface area contributed by atoms with E-state index in [0.717, 1.165) is 0 Å². The van der Waals surface area contributed by atoms with Crippen molar-refractivity contribution >= 4 is 34.8 Å². The molecular formula is C26H28ClN9O2. The first-order valence-corrected chi connectivity index (χ1v) is 12.6. The van der Waals surface area contributed by atoms with E-state index < -0.39 is 11.5 Å². The third kappa shape index (κ3) is 4.68. The maximum absolute atomic E-state index is 13.3. The highest BCUT2D eigenvalue weighted by Crippen LogP contribution is 2.26. The zero-order valence-electron chi connectivity index (χ0n) is 21.1. The van der Waals surface area contributed by atoms with Crippen LogP contribution in [0.3, 0.4) is 0 Å². The first-order chi connectivity index (χ1) is 18.2. The van der Waals surface area contributed by atoms with Gasteiger partial charge in [-0.3, -0.25) is 19.3 Å². The minimum atomic E-state index is -0.413. The zero-order chi connectivity index (χ0) is 27.0. The summed E-state index contributed by atoms with van der Waals surface area (Å²) >= 11 is 6.32. The predicted molar refractivity (Wildman–Crippen MR) is 148 cm³/mol. The summed E-state index contributed by atoms with van der Waals surface area (Å²) in [5.74, 6) is 0.502. The van der Waals surface area contributed by atoms with Crippen molar-refractivity contribution in [2.24, 2.45) is 7.05 Å². The van der Waals surface area contributed by atoms with Crippen LogP contribution in [0.5, 0.6) is 0 Å². The molecule has 1 aliphatic rings. The second-order valence-corrected chi connectivity index (χ2v) is 9.64. The number of hydrogen-bond acceptors (Lipinski definition) is 8. The minimum Gasteiger partial charge on any atom is -0.397 e. The molecule has 1 aromatic carbocycles. The van der Waals surface area contributed by atoms with Gasteiger partial charge in [0.15, 0.2) is 11.6 Å². The molecule has 5 N–H and O–H groups in total. The standard InChI is InChI=1S/C26H28ClN9O2/c1-15-22(26(38)36(34(15)2)21-6-4-3-5-18(21)27)25(37)32-17-9-11-35(12-10-17)24-23(29)31-14-20(33-24)19-8-7-16(28)13-30-19/h3-8,13-14,17H,9-12,28H2,1-2H3,(H2,29,31)(H,32,37). The van der Waals surface area contributed by atoms with E-state index in [4.69, 9.17) is 28.1 Å². The van der Waals surface area contributed by atoms with Crippen LogP contribution in [0.2, 0.25) is 5.02 Å². The summed E-state index contributed by atoms with van der Waals surface area (Å²) in [4.78, 5) is 41.8. The molecule has 5 rings (SSSR count). The van der Waals surface area contributed by atoms with Crippen molar-refractivity contribution in [3.63, 3.8) is 0 Å². The lowest BCUT2D eigenvalue weighted by Crippen LogP contribution is -2.46. The maximum Gasteiger partial charge on any atom is 0.284 e. The van der Waals surface area contributed by atoms with E-state index in [2.05, 4.69) is 15.3 Å². The van der Waals surface area contributed by atoms with Crippen molar-refractivity contribution < 1.29 is 4.79 Å². The van der Waals surface area contributed by atoms with Crippen LogP contribution in [-0.4, -0.2) is 49.4 Å². The number of carbonyl (C=O) groups is 1. The second-order valence-electron chi connectivity index (χ2n) is 9.23. The molecule has 196 valence electrons. The smallest absolute Gasteiger partial charge is 0.284 e. The number of para-hydroxylation sites is 1. The van der Waals surface area contributed by atoms with Gasteiger partial charge in [0, 0.05) is 26.2 Å². The number of nitrogens with one attached hydrogen (secondary N) is 1. The average molecular weight is 534 g/mol. The Hall–Kier alpha value is -4.38. The fourth-order valence-corrected chi connectivity index (χ4v) is 4.88. The van der Waals surface area contributed by atoms with E-state index in [9.17, 15) is 9.59 Å². The van der Waals surface area contributed by atoms with Gasteiger partial charge in [0.2, 0.25) is 0 Å². The molecule has 0 radical (unpaired) electrons. The summed E-state index contributed by atoms with van der Waals surface area (Å²) in [5.41, 5.74) is 14.5. The highest BCUT2D eigenvalue weighted by molar-refractivity contribution is 6.32. The van der Waals surface area contributed by atoms with Crippen LogP contribution in [0, 0.1) is 6.92 Å². The summed E-state index contributed by atoms with van der Waals surface area (Å²) in [6.07, 6.45) is 4.46. The average Bonchev–Trinajstić information content (AvgIpc) is 3.13. The summed E-state index contributed by atoms with van der Waals surface area (Å²) in [7, 11) is 1.73. The Morgan fingerprint density at radius 2 is 1.79 bits per heavy atom. The maximum atomic E-state index is 13.3. The fraction of sp³-hybridized carbons (Fsp3) is 0.269.